The molecule has 1 heterocycles. The lowest BCUT2D eigenvalue weighted by atomic mass is 10.4. The highest BCUT2D eigenvalue weighted by atomic mass is 16.6. The summed E-state index contributed by atoms with van der Waals surface area (Å²) in [6.45, 7) is 0. The van der Waals surface area contributed by atoms with Gasteiger partial charge in [0.15, 0.2) is 0 Å². The molecule has 0 aliphatic carbocycles. The standard InChI is InChI=1S/C3H3N5O4/c4-3(8(11)12)1-2(5-6-3)7(9)10/h1H,4H2. The van der Waals surface area contributed by atoms with E-state index in [1.54, 1.807) is 0 Å². The summed E-state index contributed by atoms with van der Waals surface area (Å²) in [6, 6.07) is 0. The molecule has 0 radical (unpaired) electrons. The van der Waals surface area contributed by atoms with Crippen molar-refractivity contribution in [3.63, 3.8) is 0 Å². The van der Waals surface area contributed by atoms with E-state index < -0.39 is 21.5 Å². The maximum Gasteiger partial charge on any atom is 0.435 e. The Morgan fingerprint density at radius 1 is 1.50 bits per heavy atom. The number of rotatable bonds is 2. The van der Waals surface area contributed by atoms with E-state index in [4.69, 9.17) is 5.73 Å². The van der Waals surface area contributed by atoms with Crippen molar-refractivity contribution in [1.82, 2.24) is 0 Å². The van der Waals surface area contributed by atoms with Crippen LogP contribution in [0.15, 0.2) is 22.1 Å². The van der Waals surface area contributed by atoms with E-state index >= 15 is 0 Å². The first kappa shape index (κ1) is 8.20. The molecule has 0 aromatic rings. The molecule has 2 N–H and O–H groups in total. The van der Waals surface area contributed by atoms with Crippen LogP contribution >= 0.6 is 0 Å². The number of hydrogen-bond donors (Lipinski definition) is 1. The van der Waals surface area contributed by atoms with E-state index in [9.17, 15) is 20.2 Å². The number of nitrogens with zero attached hydrogens (tertiary/aromatic N) is 4. The lowest BCUT2D eigenvalue weighted by molar-refractivity contribution is -0.552. The molecule has 0 aromatic carbocycles. The van der Waals surface area contributed by atoms with E-state index in [-0.39, 0.29) is 0 Å². The molecule has 1 aliphatic heterocycles. The average molecular weight is 173 g/mol. The highest BCUT2D eigenvalue weighted by Crippen LogP contribution is 2.19. The van der Waals surface area contributed by atoms with E-state index in [1.807, 2.05) is 0 Å². The fourth-order valence-corrected chi connectivity index (χ4v) is 0.558. The molecule has 12 heavy (non-hydrogen) atoms. The molecular weight excluding hydrogens is 170 g/mol. The van der Waals surface area contributed by atoms with Crippen LogP contribution in [0.4, 0.5) is 0 Å². The van der Waals surface area contributed by atoms with Gasteiger partial charge >= 0.3 is 11.6 Å². The fourth-order valence-electron chi connectivity index (χ4n) is 0.558. The molecular formula is C3H3N5O4. The van der Waals surface area contributed by atoms with Crippen molar-refractivity contribution in [3.8, 4) is 0 Å². The third-order valence-corrected chi connectivity index (χ3v) is 1.13. The Balaban J connectivity index is 2.99. The highest BCUT2D eigenvalue weighted by molar-refractivity contribution is 5.04. The average Bonchev–Trinajstić information content (AvgIpc) is 2.33. The van der Waals surface area contributed by atoms with Gasteiger partial charge in [-0.15, -0.1) is 0 Å². The molecule has 1 aliphatic rings. The predicted molar refractivity (Wildman–Crippen MR) is 33.8 cm³/mol. The highest BCUT2D eigenvalue weighted by Gasteiger charge is 2.46. The summed E-state index contributed by atoms with van der Waals surface area (Å²) in [4.78, 5) is 18.3. The zero-order chi connectivity index (χ0) is 9.35. The van der Waals surface area contributed by atoms with Gasteiger partial charge < -0.3 is 10.1 Å². The number of azo groups is 1. The second-order valence-corrected chi connectivity index (χ2v) is 2.00. The Kier molecular flexibility index (Phi) is 1.57. The van der Waals surface area contributed by atoms with Crippen molar-refractivity contribution in [1.29, 1.82) is 0 Å². The Labute approximate surface area is 64.9 Å². The topological polar surface area (TPSA) is 137 Å². The van der Waals surface area contributed by atoms with Crippen LogP contribution in [0.25, 0.3) is 0 Å². The van der Waals surface area contributed by atoms with Crippen molar-refractivity contribution in [2.24, 2.45) is 16.0 Å². The monoisotopic (exact) mass is 173 g/mol. The first-order valence-corrected chi connectivity index (χ1v) is 2.69. The summed E-state index contributed by atoms with van der Waals surface area (Å²) in [5.41, 5.74) is 4.99. The number of nitro groups is 2. The Morgan fingerprint density at radius 2 is 2.08 bits per heavy atom. The van der Waals surface area contributed by atoms with Crippen LogP contribution in [0.1, 0.15) is 0 Å². The third kappa shape index (κ3) is 1.12. The molecule has 1 rings (SSSR count). The van der Waals surface area contributed by atoms with E-state index in [0.717, 1.165) is 0 Å². The second kappa shape index (κ2) is 2.30. The Bertz CT molecular complexity index is 308. The molecule has 0 aromatic heterocycles. The summed E-state index contributed by atoms with van der Waals surface area (Å²) in [7, 11) is 0. The minimum atomic E-state index is -2.28. The molecule has 1 atom stereocenters. The molecule has 0 bridgehead atoms. The van der Waals surface area contributed by atoms with Crippen LogP contribution in [0.3, 0.4) is 0 Å². The molecule has 0 spiro atoms. The van der Waals surface area contributed by atoms with Gasteiger partial charge in [-0.25, -0.2) is 5.73 Å². The molecule has 9 heteroatoms. The minimum Gasteiger partial charge on any atom is -0.358 e. The molecule has 64 valence electrons. The lowest BCUT2D eigenvalue weighted by Crippen LogP contribution is -2.42. The van der Waals surface area contributed by atoms with Crippen LogP contribution in [-0.2, 0) is 0 Å². The minimum absolute atomic E-state index is 0.576. The number of hydrogen-bond acceptors (Lipinski definition) is 7. The fraction of sp³-hybridized carbons (Fsp3) is 0.333. The van der Waals surface area contributed by atoms with Crippen LogP contribution in [0, 0.1) is 20.2 Å². The molecule has 1 unspecified atom stereocenters. The summed E-state index contributed by atoms with van der Waals surface area (Å²) in [5.74, 6) is -2.99. The van der Waals surface area contributed by atoms with Crippen molar-refractivity contribution in [2.45, 2.75) is 5.79 Å². The van der Waals surface area contributed by atoms with Gasteiger partial charge in [-0.1, -0.05) is 0 Å². The van der Waals surface area contributed by atoms with Gasteiger partial charge in [0.2, 0.25) is 0 Å². The third-order valence-electron chi connectivity index (χ3n) is 1.13. The molecule has 9 nitrogen and oxygen atoms in total. The molecule has 0 fully saturated rings. The van der Waals surface area contributed by atoms with Crippen molar-refractivity contribution >= 4 is 0 Å². The Morgan fingerprint density at radius 3 is 2.33 bits per heavy atom. The van der Waals surface area contributed by atoms with Crippen LogP contribution in [0.2, 0.25) is 0 Å². The Hall–Kier alpha value is -1.90. The van der Waals surface area contributed by atoms with Gasteiger partial charge in [0.05, 0.1) is 10.0 Å². The maximum atomic E-state index is 10.2. The first-order valence-electron chi connectivity index (χ1n) is 2.69. The summed E-state index contributed by atoms with van der Waals surface area (Å²) < 4.78 is 0. The zero-order valence-electron chi connectivity index (χ0n) is 5.58. The van der Waals surface area contributed by atoms with Crippen molar-refractivity contribution in [3.05, 3.63) is 32.1 Å². The smallest absolute Gasteiger partial charge is 0.358 e. The SMILES string of the molecule is NC1([N+](=O)[O-])C=C([N+](=O)[O-])N=N1. The molecule has 0 amide bonds. The first-order chi connectivity index (χ1) is 5.46. The van der Waals surface area contributed by atoms with E-state index in [2.05, 4.69) is 10.2 Å². The normalized spacial score (nSPS) is 26.9. The van der Waals surface area contributed by atoms with Crippen LogP contribution < -0.4 is 5.73 Å². The molecule has 0 saturated carbocycles. The largest absolute Gasteiger partial charge is 0.435 e. The lowest BCUT2D eigenvalue weighted by Gasteiger charge is -2.00. The van der Waals surface area contributed by atoms with Crippen molar-refractivity contribution in [2.75, 3.05) is 0 Å². The van der Waals surface area contributed by atoms with Crippen LogP contribution in [0.5, 0.6) is 0 Å². The van der Waals surface area contributed by atoms with E-state index in [1.165, 1.54) is 0 Å². The summed E-state index contributed by atoms with van der Waals surface area (Å²) in [5, 5.41) is 26.0. The maximum absolute atomic E-state index is 10.2. The van der Waals surface area contributed by atoms with Crippen molar-refractivity contribution < 1.29 is 9.85 Å². The van der Waals surface area contributed by atoms with Gasteiger partial charge in [0.1, 0.15) is 6.08 Å². The van der Waals surface area contributed by atoms with Gasteiger partial charge in [-0.3, -0.25) is 10.1 Å². The van der Waals surface area contributed by atoms with Gasteiger partial charge in [-0.2, -0.15) is 0 Å². The van der Waals surface area contributed by atoms with Gasteiger partial charge in [-0.05, 0) is 4.92 Å². The number of nitrogens with two attached hydrogens (primary N) is 1. The zero-order valence-corrected chi connectivity index (χ0v) is 5.58. The summed E-state index contributed by atoms with van der Waals surface area (Å²) in [6.07, 6.45) is 0.576. The molecule has 0 saturated heterocycles. The quantitative estimate of drug-likeness (QED) is 0.339. The van der Waals surface area contributed by atoms with Crippen LogP contribution in [-0.4, -0.2) is 15.6 Å². The summed E-state index contributed by atoms with van der Waals surface area (Å²) >= 11 is 0. The predicted octanol–water partition coefficient (Wildman–Crippen LogP) is -0.540. The van der Waals surface area contributed by atoms with Gasteiger partial charge in [0.25, 0.3) is 0 Å². The van der Waals surface area contributed by atoms with Gasteiger partial charge in [0, 0.05) is 5.11 Å². The van der Waals surface area contributed by atoms with E-state index in [0.29, 0.717) is 6.08 Å². The second-order valence-electron chi connectivity index (χ2n) is 2.00.